The first-order chi connectivity index (χ1) is 7.35. The predicted molar refractivity (Wildman–Crippen MR) is 59.9 cm³/mol. The molecule has 5 heteroatoms. The van der Waals surface area contributed by atoms with Crippen molar-refractivity contribution < 1.29 is 14.3 Å². The van der Waals surface area contributed by atoms with Gasteiger partial charge in [0.15, 0.2) is 0 Å². The number of methoxy groups -OCH3 is 1. The second kappa shape index (κ2) is 4.82. The first-order valence-electron chi connectivity index (χ1n) is 5.49. The summed E-state index contributed by atoms with van der Waals surface area (Å²) in [4.78, 5) is 24.9. The molecule has 0 spiro atoms. The van der Waals surface area contributed by atoms with Crippen LogP contribution in [0.5, 0.6) is 0 Å². The molecule has 0 aromatic rings. The summed E-state index contributed by atoms with van der Waals surface area (Å²) in [6.07, 6.45) is 0.357. The van der Waals surface area contributed by atoms with Crippen molar-refractivity contribution in [3.63, 3.8) is 0 Å². The Hall–Kier alpha value is -1.10. The van der Waals surface area contributed by atoms with Gasteiger partial charge in [-0.25, -0.2) is 0 Å². The van der Waals surface area contributed by atoms with Gasteiger partial charge in [0.2, 0.25) is 11.8 Å². The van der Waals surface area contributed by atoms with E-state index in [1.165, 1.54) is 0 Å². The SMILES string of the molecule is COC(C)(C)CN1CCC(=O)NC(C)C1=O. The van der Waals surface area contributed by atoms with Crippen molar-refractivity contribution in [2.45, 2.75) is 38.8 Å². The molecule has 1 N–H and O–H groups in total. The van der Waals surface area contributed by atoms with Crippen LogP contribution < -0.4 is 5.32 Å². The third-order valence-corrected chi connectivity index (χ3v) is 2.79. The zero-order valence-electron chi connectivity index (χ0n) is 10.4. The van der Waals surface area contributed by atoms with E-state index in [2.05, 4.69) is 5.32 Å². The minimum absolute atomic E-state index is 0.0454. The van der Waals surface area contributed by atoms with E-state index < -0.39 is 6.04 Å². The number of rotatable bonds is 3. The van der Waals surface area contributed by atoms with Crippen molar-refractivity contribution in [3.8, 4) is 0 Å². The highest BCUT2D eigenvalue weighted by Crippen LogP contribution is 2.13. The lowest BCUT2D eigenvalue weighted by atomic mass is 10.1. The fourth-order valence-corrected chi connectivity index (χ4v) is 1.68. The van der Waals surface area contributed by atoms with Gasteiger partial charge < -0.3 is 15.0 Å². The van der Waals surface area contributed by atoms with Crippen molar-refractivity contribution in [2.75, 3.05) is 20.2 Å². The first kappa shape index (κ1) is 13.0. The van der Waals surface area contributed by atoms with Gasteiger partial charge >= 0.3 is 0 Å². The fraction of sp³-hybridized carbons (Fsp3) is 0.818. The number of carbonyl (C=O) groups is 2. The summed E-state index contributed by atoms with van der Waals surface area (Å²) in [6, 6.07) is -0.442. The normalized spacial score (nSPS) is 23.0. The maximum atomic E-state index is 11.9. The Morgan fingerprint density at radius 1 is 1.50 bits per heavy atom. The lowest BCUT2D eigenvalue weighted by Crippen LogP contribution is -2.48. The van der Waals surface area contributed by atoms with Gasteiger partial charge in [0.1, 0.15) is 6.04 Å². The maximum Gasteiger partial charge on any atom is 0.244 e. The van der Waals surface area contributed by atoms with Crippen LogP contribution in [0.3, 0.4) is 0 Å². The third-order valence-electron chi connectivity index (χ3n) is 2.79. The molecule has 5 nitrogen and oxygen atoms in total. The molecule has 0 radical (unpaired) electrons. The second-order valence-electron chi connectivity index (χ2n) is 4.76. The molecule has 1 saturated heterocycles. The highest BCUT2D eigenvalue weighted by molar-refractivity contribution is 5.89. The van der Waals surface area contributed by atoms with Crippen LogP contribution in [0, 0.1) is 0 Å². The summed E-state index contributed by atoms with van der Waals surface area (Å²) in [5, 5.41) is 2.65. The number of hydrogen-bond donors (Lipinski definition) is 1. The van der Waals surface area contributed by atoms with Crippen LogP contribution in [0.15, 0.2) is 0 Å². The zero-order valence-corrected chi connectivity index (χ0v) is 10.4. The summed E-state index contributed by atoms with van der Waals surface area (Å²) >= 11 is 0. The molecular weight excluding hydrogens is 208 g/mol. The Kier molecular flexibility index (Phi) is 3.91. The lowest BCUT2D eigenvalue weighted by Gasteiger charge is -2.31. The van der Waals surface area contributed by atoms with Gasteiger partial charge in [-0.15, -0.1) is 0 Å². The Morgan fingerprint density at radius 2 is 2.12 bits per heavy atom. The van der Waals surface area contributed by atoms with Gasteiger partial charge in [0, 0.05) is 26.6 Å². The fourth-order valence-electron chi connectivity index (χ4n) is 1.68. The van der Waals surface area contributed by atoms with E-state index in [-0.39, 0.29) is 17.4 Å². The van der Waals surface area contributed by atoms with Crippen LogP contribution >= 0.6 is 0 Å². The van der Waals surface area contributed by atoms with Gasteiger partial charge in [-0.1, -0.05) is 0 Å². The van der Waals surface area contributed by atoms with Crippen molar-refractivity contribution in [2.24, 2.45) is 0 Å². The second-order valence-corrected chi connectivity index (χ2v) is 4.76. The molecule has 1 aliphatic heterocycles. The number of carbonyl (C=O) groups excluding carboxylic acids is 2. The number of hydrogen-bond acceptors (Lipinski definition) is 3. The van der Waals surface area contributed by atoms with E-state index in [9.17, 15) is 9.59 Å². The summed E-state index contributed by atoms with van der Waals surface area (Å²) in [6.45, 7) is 6.51. The van der Waals surface area contributed by atoms with Crippen molar-refractivity contribution >= 4 is 11.8 Å². The molecule has 1 fully saturated rings. The molecule has 0 aromatic carbocycles. The van der Waals surface area contributed by atoms with Crippen LogP contribution in [0.25, 0.3) is 0 Å². The van der Waals surface area contributed by atoms with Crippen LogP contribution in [0.4, 0.5) is 0 Å². The first-order valence-corrected chi connectivity index (χ1v) is 5.49. The highest BCUT2D eigenvalue weighted by atomic mass is 16.5. The summed E-state index contributed by atoms with van der Waals surface area (Å²) < 4.78 is 5.29. The van der Waals surface area contributed by atoms with Crippen molar-refractivity contribution in [1.29, 1.82) is 0 Å². The highest BCUT2D eigenvalue weighted by Gasteiger charge is 2.30. The van der Waals surface area contributed by atoms with E-state index in [0.29, 0.717) is 19.5 Å². The van der Waals surface area contributed by atoms with Crippen molar-refractivity contribution in [3.05, 3.63) is 0 Å². The van der Waals surface area contributed by atoms with E-state index in [4.69, 9.17) is 4.74 Å². The van der Waals surface area contributed by atoms with Gasteiger partial charge in [0.05, 0.1) is 5.60 Å². The van der Waals surface area contributed by atoms with Gasteiger partial charge in [-0.2, -0.15) is 0 Å². The monoisotopic (exact) mass is 228 g/mol. The molecule has 1 aliphatic rings. The molecule has 0 aliphatic carbocycles. The van der Waals surface area contributed by atoms with E-state index in [0.717, 1.165) is 0 Å². The average Bonchev–Trinajstić information content (AvgIpc) is 2.32. The topological polar surface area (TPSA) is 58.6 Å². The summed E-state index contributed by atoms with van der Waals surface area (Å²) in [5.74, 6) is -0.116. The maximum absolute atomic E-state index is 11.9. The van der Waals surface area contributed by atoms with Gasteiger partial charge in [-0.05, 0) is 20.8 Å². The Labute approximate surface area is 96.1 Å². The average molecular weight is 228 g/mol. The Balaban J connectivity index is 2.71. The molecule has 0 bridgehead atoms. The quantitative estimate of drug-likeness (QED) is 0.748. The van der Waals surface area contributed by atoms with Crippen LogP contribution in [-0.4, -0.2) is 48.6 Å². The van der Waals surface area contributed by atoms with E-state index >= 15 is 0 Å². The molecule has 1 heterocycles. The zero-order chi connectivity index (χ0) is 12.3. The number of nitrogens with zero attached hydrogens (tertiary/aromatic N) is 1. The molecule has 0 aromatic heterocycles. The number of amides is 2. The van der Waals surface area contributed by atoms with Crippen LogP contribution in [0.1, 0.15) is 27.2 Å². The number of nitrogens with one attached hydrogen (secondary N) is 1. The summed E-state index contributed by atoms with van der Waals surface area (Å²) in [7, 11) is 1.62. The molecule has 0 saturated carbocycles. The standard InChI is InChI=1S/C11H20N2O3/c1-8-10(15)13(6-5-9(14)12-8)7-11(2,3)16-4/h8H,5-7H2,1-4H3,(H,12,14). The van der Waals surface area contributed by atoms with Crippen molar-refractivity contribution in [1.82, 2.24) is 10.2 Å². The molecule has 16 heavy (non-hydrogen) atoms. The summed E-state index contributed by atoms with van der Waals surface area (Å²) in [5.41, 5.74) is -0.386. The van der Waals surface area contributed by atoms with E-state index in [1.54, 1.807) is 18.9 Å². The predicted octanol–water partition coefficient (Wildman–Crippen LogP) is 0.148. The smallest absolute Gasteiger partial charge is 0.244 e. The molecule has 2 amide bonds. The molecule has 92 valence electrons. The number of ether oxygens (including phenoxy) is 1. The van der Waals surface area contributed by atoms with Crippen LogP contribution in [-0.2, 0) is 14.3 Å². The minimum Gasteiger partial charge on any atom is -0.377 e. The molecule has 1 unspecified atom stereocenters. The molecule has 1 rings (SSSR count). The largest absolute Gasteiger partial charge is 0.377 e. The molecule has 1 atom stereocenters. The van der Waals surface area contributed by atoms with Gasteiger partial charge in [0.25, 0.3) is 0 Å². The molecular formula is C11H20N2O3. The minimum atomic E-state index is -0.442. The Morgan fingerprint density at radius 3 is 2.69 bits per heavy atom. The third kappa shape index (κ3) is 3.20. The van der Waals surface area contributed by atoms with E-state index in [1.807, 2.05) is 13.8 Å². The lowest BCUT2D eigenvalue weighted by molar-refractivity contribution is -0.136. The van der Waals surface area contributed by atoms with Gasteiger partial charge in [-0.3, -0.25) is 9.59 Å². The van der Waals surface area contributed by atoms with Crippen LogP contribution in [0.2, 0.25) is 0 Å². The Bertz CT molecular complexity index is 289.